The molecule has 1 aromatic heterocycles. The molecule has 0 spiro atoms. The van der Waals surface area contributed by atoms with Crippen molar-refractivity contribution in [3.63, 3.8) is 0 Å². The summed E-state index contributed by atoms with van der Waals surface area (Å²) in [5.41, 5.74) is 5.80. The van der Waals surface area contributed by atoms with Gasteiger partial charge in [-0.1, -0.05) is 18.2 Å². The first-order valence-corrected chi connectivity index (χ1v) is 12.7. The Bertz CT molecular complexity index is 1170. The Morgan fingerprint density at radius 1 is 1.06 bits per heavy atom. The summed E-state index contributed by atoms with van der Waals surface area (Å²) in [7, 11) is 0. The maximum absolute atomic E-state index is 11.4. The second kappa shape index (κ2) is 10.5. The van der Waals surface area contributed by atoms with Gasteiger partial charge in [-0.15, -0.1) is 0 Å². The molecule has 2 saturated heterocycles. The van der Waals surface area contributed by atoms with Crippen LogP contribution < -0.4 is 10.2 Å². The van der Waals surface area contributed by atoms with E-state index in [0.717, 1.165) is 68.9 Å². The van der Waals surface area contributed by atoms with E-state index in [-0.39, 0.29) is 6.04 Å². The van der Waals surface area contributed by atoms with Gasteiger partial charge in [0, 0.05) is 68.3 Å². The monoisotopic (exact) mass is 473 g/mol. The molecule has 1 unspecified atom stereocenters. The van der Waals surface area contributed by atoms with Crippen molar-refractivity contribution in [1.82, 2.24) is 14.8 Å². The summed E-state index contributed by atoms with van der Waals surface area (Å²) in [6, 6.07) is 19.4. The van der Waals surface area contributed by atoms with Crippen molar-refractivity contribution >= 4 is 28.4 Å². The number of aryl methyl sites for hydroxylation is 1. The first-order valence-electron chi connectivity index (χ1n) is 12.7. The molecule has 0 aliphatic carbocycles. The van der Waals surface area contributed by atoms with Crippen molar-refractivity contribution in [3.05, 3.63) is 65.9 Å². The van der Waals surface area contributed by atoms with Gasteiger partial charge in [0.15, 0.2) is 0 Å². The summed E-state index contributed by atoms with van der Waals surface area (Å²) < 4.78 is 0. The average molecular weight is 474 g/mol. The van der Waals surface area contributed by atoms with E-state index in [2.05, 4.69) is 69.7 Å². The van der Waals surface area contributed by atoms with Crippen LogP contribution in [0, 0.1) is 6.92 Å². The average Bonchev–Trinajstić information content (AvgIpc) is 3.35. The van der Waals surface area contributed by atoms with E-state index in [4.69, 9.17) is 4.98 Å². The Balaban J connectivity index is 1.12. The predicted octanol–water partition coefficient (Wildman–Crippen LogP) is 4.46. The Hall–Kier alpha value is -3.32. The topological polar surface area (TPSA) is 71.9 Å². The third-order valence-corrected chi connectivity index (χ3v) is 7.37. The minimum atomic E-state index is -0.810. The number of anilines is 2. The van der Waals surface area contributed by atoms with Crippen LogP contribution in [0.4, 0.5) is 16.2 Å². The summed E-state index contributed by atoms with van der Waals surface area (Å²) in [6.07, 6.45) is 2.08. The highest BCUT2D eigenvalue weighted by molar-refractivity contribution is 5.92. The summed E-state index contributed by atoms with van der Waals surface area (Å²) in [6.45, 7) is 8.56. The maximum atomic E-state index is 11.4. The quantitative estimate of drug-likeness (QED) is 0.528. The van der Waals surface area contributed by atoms with Gasteiger partial charge >= 0.3 is 6.09 Å². The van der Waals surface area contributed by atoms with Gasteiger partial charge in [-0.05, 0) is 68.1 Å². The summed E-state index contributed by atoms with van der Waals surface area (Å²) in [5, 5.41) is 14.0. The highest BCUT2D eigenvalue weighted by Crippen LogP contribution is 2.27. The number of nitrogens with one attached hydrogen (secondary N) is 1. The maximum Gasteiger partial charge on any atom is 0.407 e. The Labute approximate surface area is 207 Å². The number of likely N-dealkylation sites (tertiary alicyclic amines) is 1. The highest BCUT2D eigenvalue weighted by atomic mass is 16.4. The highest BCUT2D eigenvalue weighted by Gasteiger charge is 2.28. The van der Waals surface area contributed by atoms with Crippen LogP contribution in [0.1, 0.15) is 24.1 Å². The smallest absolute Gasteiger partial charge is 0.407 e. The van der Waals surface area contributed by atoms with Gasteiger partial charge in [0.05, 0.1) is 11.6 Å². The first kappa shape index (κ1) is 23.4. The number of aromatic nitrogens is 1. The van der Waals surface area contributed by atoms with Crippen LogP contribution in [-0.4, -0.2) is 77.8 Å². The van der Waals surface area contributed by atoms with Crippen LogP contribution in [0.15, 0.2) is 54.6 Å². The molecule has 2 fully saturated rings. The number of fused-ring (bicyclic) bond motifs is 1. The lowest BCUT2D eigenvalue weighted by atomic mass is 10.1. The van der Waals surface area contributed by atoms with Crippen molar-refractivity contribution < 1.29 is 9.90 Å². The number of carboxylic acid groups (broad SMARTS) is 1. The van der Waals surface area contributed by atoms with Crippen LogP contribution in [0.25, 0.3) is 10.9 Å². The van der Waals surface area contributed by atoms with Crippen molar-refractivity contribution in [2.75, 3.05) is 56.0 Å². The van der Waals surface area contributed by atoms with Crippen molar-refractivity contribution in [3.8, 4) is 0 Å². The second-order valence-electron chi connectivity index (χ2n) is 9.73. The van der Waals surface area contributed by atoms with Crippen LogP contribution in [0.2, 0.25) is 0 Å². The fourth-order valence-corrected chi connectivity index (χ4v) is 5.39. The van der Waals surface area contributed by atoms with Crippen molar-refractivity contribution in [2.24, 2.45) is 0 Å². The van der Waals surface area contributed by atoms with Gasteiger partial charge in [-0.3, -0.25) is 9.88 Å². The van der Waals surface area contributed by atoms with Crippen LogP contribution in [0.3, 0.4) is 0 Å². The third kappa shape index (κ3) is 5.51. The number of nitrogens with zero attached hydrogens (tertiary/aromatic N) is 4. The minimum absolute atomic E-state index is 0.0639. The van der Waals surface area contributed by atoms with Gasteiger partial charge in [0.25, 0.3) is 0 Å². The molecule has 5 rings (SSSR count). The number of amides is 1. The molecule has 184 valence electrons. The molecule has 1 atom stereocenters. The number of pyridine rings is 1. The molecule has 3 aromatic rings. The molecule has 2 aromatic carbocycles. The lowest BCUT2D eigenvalue weighted by Crippen LogP contribution is -2.47. The van der Waals surface area contributed by atoms with Crippen LogP contribution in [-0.2, 0) is 6.42 Å². The number of hydrogen-bond acceptors (Lipinski definition) is 5. The fraction of sp³-hybridized carbons (Fsp3) is 0.429. The number of carbonyl (C=O) groups is 1. The van der Waals surface area contributed by atoms with E-state index in [1.807, 2.05) is 6.92 Å². The van der Waals surface area contributed by atoms with Crippen molar-refractivity contribution in [1.29, 1.82) is 0 Å². The second-order valence-corrected chi connectivity index (χ2v) is 9.73. The van der Waals surface area contributed by atoms with Gasteiger partial charge in [0.2, 0.25) is 0 Å². The molecule has 2 aliphatic rings. The molecule has 0 saturated carbocycles. The largest absolute Gasteiger partial charge is 0.465 e. The van der Waals surface area contributed by atoms with Crippen LogP contribution in [0.5, 0.6) is 0 Å². The van der Waals surface area contributed by atoms with Gasteiger partial charge in [0.1, 0.15) is 0 Å². The number of benzene rings is 2. The van der Waals surface area contributed by atoms with Crippen molar-refractivity contribution in [2.45, 2.75) is 32.2 Å². The molecule has 3 heterocycles. The molecule has 2 aliphatic heterocycles. The zero-order valence-corrected chi connectivity index (χ0v) is 20.5. The van der Waals surface area contributed by atoms with Gasteiger partial charge in [-0.2, -0.15) is 0 Å². The molecule has 2 N–H and O–H groups in total. The first-order chi connectivity index (χ1) is 17.1. The molecule has 7 heteroatoms. The van der Waals surface area contributed by atoms with Gasteiger partial charge in [-0.25, -0.2) is 4.79 Å². The number of rotatable bonds is 7. The van der Waals surface area contributed by atoms with E-state index in [1.54, 1.807) is 4.90 Å². The van der Waals surface area contributed by atoms with E-state index in [1.165, 1.54) is 16.6 Å². The normalized spacial score (nSPS) is 18.8. The lowest BCUT2D eigenvalue weighted by Gasteiger charge is -2.36. The summed E-state index contributed by atoms with van der Waals surface area (Å²) >= 11 is 0. The Kier molecular flexibility index (Phi) is 7.04. The zero-order chi connectivity index (χ0) is 24.2. The van der Waals surface area contributed by atoms with E-state index < -0.39 is 6.09 Å². The van der Waals surface area contributed by atoms with E-state index in [0.29, 0.717) is 13.1 Å². The molecule has 0 radical (unpaired) electrons. The van der Waals surface area contributed by atoms with E-state index >= 15 is 0 Å². The van der Waals surface area contributed by atoms with E-state index in [9.17, 15) is 9.90 Å². The minimum Gasteiger partial charge on any atom is -0.465 e. The summed E-state index contributed by atoms with van der Waals surface area (Å²) in [4.78, 5) is 22.7. The molecule has 7 nitrogen and oxygen atoms in total. The molecule has 1 amide bonds. The molecular formula is C28H35N5O2. The predicted molar refractivity (Wildman–Crippen MR) is 142 cm³/mol. The van der Waals surface area contributed by atoms with Crippen LogP contribution >= 0.6 is 0 Å². The third-order valence-electron chi connectivity index (χ3n) is 7.37. The standard InChI is InChI=1S/C28H35N5O2/c1-21-10-11-25-26(30-21)8-3-9-27(25)32-17-15-31(16-18-32)14-12-22-5-2-6-23(19-22)29-20-24-7-4-13-33(24)28(34)35/h2-3,5-6,8-11,19,24,29H,4,7,12-18,20H2,1H3,(H,34,35). The number of hydrogen-bond donors (Lipinski definition) is 2. The fourth-order valence-electron chi connectivity index (χ4n) is 5.39. The Morgan fingerprint density at radius 3 is 2.71 bits per heavy atom. The zero-order valence-electron chi connectivity index (χ0n) is 20.5. The lowest BCUT2D eigenvalue weighted by molar-refractivity contribution is 0.142. The summed E-state index contributed by atoms with van der Waals surface area (Å²) in [5.74, 6) is 0. The SMILES string of the molecule is Cc1ccc2c(N3CCN(CCc4cccc(NCC5CCCN5C(=O)O)c4)CC3)cccc2n1. The number of piperazine rings is 1. The molecule has 0 bridgehead atoms. The molecule has 35 heavy (non-hydrogen) atoms. The molecular weight excluding hydrogens is 438 g/mol. The van der Waals surface area contributed by atoms with Gasteiger partial charge < -0.3 is 20.2 Å². The Morgan fingerprint density at radius 2 is 1.89 bits per heavy atom.